The Bertz CT molecular complexity index is 371. The fourth-order valence-corrected chi connectivity index (χ4v) is 2.50. The fourth-order valence-electron chi connectivity index (χ4n) is 2.50. The number of carboxylic acids is 1. The van der Waals surface area contributed by atoms with Crippen LogP contribution in [0.3, 0.4) is 0 Å². The summed E-state index contributed by atoms with van der Waals surface area (Å²) in [7, 11) is 0. The molecule has 0 aliphatic carbocycles. The third-order valence-corrected chi connectivity index (χ3v) is 3.91. The van der Waals surface area contributed by atoms with Crippen LogP contribution in [0.2, 0.25) is 0 Å². The van der Waals surface area contributed by atoms with Crippen molar-refractivity contribution in [3.05, 3.63) is 23.9 Å². The largest absolute Gasteiger partial charge is 0.481 e. The van der Waals surface area contributed by atoms with Gasteiger partial charge in [0.05, 0.1) is 0 Å². The number of unbranched alkanes of at least 4 members (excludes halogenated alkanes) is 11. The van der Waals surface area contributed by atoms with Gasteiger partial charge in [-0.15, -0.1) is 0 Å². The van der Waals surface area contributed by atoms with Crippen LogP contribution in [0.1, 0.15) is 83.5 Å². The molecule has 0 saturated carbocycles. The lowest BCUT2D eigenvalue weighted by molar-refractivity contribution is -0.137. The first-order valence-electron chi connectivity index (χ1n) is 8.69. The normalized spacial score (nSPS) is 13.6. The van der Waals surface area contributed by atoms with Crippen LogP contribution in [-0.2, 0) is 9.53 Å². The van der Waals surface area contributed by atoms with Crippen molar-refractivity contribution >= 4 is 5.97 Å². The smallest absolute Gasteiger partial charge is 0.327 e. The summed E-state index contributed by atoms with van der Waals surface area (Å²) in [6.45, 7) is 0. The number of hydrogen-bond acceptors (Lipinski definition) is 3. The molecule has 0 aromatic rings. The number of aliphatic hydroxyl groups excluding tert-OH is 1. The van der Waals surface area contributed by atoms with Crippen LogP contribution in [0.5, 0.6) is 0 Å². The molecule has 0 aromatic carbocycles. The van der Waals surface area contributed by atoms with E-state index in [4.69, 9.17) is 14.9 Å². The van der Waals surface area contributed by atoms with Crippen molar-refractivity contribution in [1.82, 2.24) is 0 Å². The second-order valence-electron chi connectivity index (χ2n) is 6.00. The number of hydrogen-bond donors (Lipinski definition) is 2. The van der Waals surface area contributed by atoms with Gasteiger partial charge in [0, 0.05) is 6.42 Å². The zero-order valence-electron chi connectivity index (χ0n) is 13.6. The zero-order valence-corrected chi connectivity index (χ0v) is 13.6. The summed E-state index contributed by atoms with van der Waals surface area (Å²) in [4.78, 5) is 10.3. The van der Waals surface area contributed by atoms with Gasteiger partial charge >= 0.3 is 11.9 Å². The molecule has 0 amide bonds. The van der Waals surface area contributed by atoms with Gasteiger partial charge in [0.2, 0.25) is 5.76 Å². The van der Waals surface area contributed by atoms with E-state index in [9.17, 15) is 4.79 Å². The Kier molecular flexibility index (Phi) is 10.3. The van der Waals surface area contributed by atoms with Crippen LogP contribution in [0.4, 0.5) is 0 Å². The Hall–Kier alpha value is -1.45. The molecule has 4 nitrogen and oxygen atoms in total. The molecular formula is C18H30O4. The summed E-state index contributed by atoms with van der Waals surface area (Å²) in [5.74, 6) is 0.00712. The average Bonchev–Trinajstić information content (AvgIpc) is 3.18. The van der Waals surface area contributed by atoms with Crippen molar-refractivity contribution in [3.8, 4) is 0 Å². The molecule has 0 unspecified atom stereocenters. The van der Waals surface area contributed by atoms with E-state index in [1.807, 2.05) is 6.08 Å². The van der Waals surface area contributed by atoms with E-state index in [0.717, 1.165) is 19.3 Å². The number of ether oxygens (including phenoxy) is 1. The summed E-state index contributed by atoms with van der Waals surface area (Å²) >= 11 is 0. The zero-order chi connectivity index (χ0) is 16.0. The minimum atomic E-state index is -0.674. The Morgan fingerprint density at radius 3 is 1.77 bits per heavy atom. The Morgan fingerprint density at radius 1 is 0.864 bits per heavy atom. The van der Waals surface area contributed by atoms with Crippen LogP contribution in [0.25, 0.3) is 0 Å². The summed E-state index contributed by atoms with van der Waals surface area (Å²) < 4.78 is 4.72. The molecule has 1 rings (SSSR count). The highest BCUT2D eigenvalue weighted by Crippen LogP contribution is 2.23. The molecule has 0 atom stereocenters. The molecule has 0 spiro atoms. The van der Waals surface area contributed by atoms with Crippen LogP contribution in [-0.4, -0.2) is 16.2 Å². The molecule has 0 bridgehead atoms. The first-order valence-corrected chi connectivity index (χ1v) is 8.69. The molecule has 0 aromatic heterocycles. The molecule has 22 heavy (non-hydrogen) atoms. The molecule has 1 aliphatic heterocycles. The molecule has 126 valence electrons. The summed E-state index contributed by atoms with van der Waals surface area (Å²) in [5, 5.41) is 17.4. The van der Waals surface area contributed by atoms with Gasteiger partial charge in [-0.3, -0.25) is 4.79 Å². The van der Waals surface area contributed by atoms with Crippen molar-refractivity contribution in [2.45, 2.75) is 83.5 Å². The van der Waals surface area contributed by atoms with Gasteiger partial charge in [0.25, 0.3) is 0 Å². The monoisotopic (exact) mass is 310 g/mol. The minimum absolute atomic E-state index is 0.0677. The predicted molar refractivity (Wildman–Crippen MR) is 87.5 cm³/mol. The summed E-state index contributed by atoms with van der Waals surface area (Å²) in [5.41, 5.74) is 0. The molecule has 2 N–H and O–H groups in total. The van der Waals surface area contributed by atoms with Gasteiger partial charge in [-0.2, -0.15) is 0 Å². The maximum atomic E-state index is 10.3. The van der Waals surface area contributed by atoms with Crippen LogP contribution >= 0.6 is 0 Å². The van der Waals surface area contributed by atoms with Gasteiger partial charge < -0.3 is 14.9 Å². The first kappa shape index (κ1) is 18.6. The van der Waals surface area contributed by atoms with Crippen molar-refractivity contribution in [2.75, 3.05) is 0 Å². The Balaban J connectivity index is 1.69. The molecule has 1 aliphatic rings. The summed E-state index contributed by atoms with van der Waals surface area (Å²) in [6.07, 6.45) is 18.6. The number of allylic oxidation sites excluding steroid dienone is 2. The molecule has 0 fully saturated rings. The molecular weight excluding hydrogens is 280 g/mol. The molecule has 0 saturated heterocycles. The van der Waals surface area contributed by atoms with E-state index in [-0.39, 0.29) is 5.95 Å². The van der Waals surface area contributed by atoms with Gasteiger partial charge in [-0.25, -0.2) is 0 Å². The first-order chi connectivity index (χ1) is 10.7. The Morgan fingerprint density at radius 2 is 1.32 bits per heavy atom. The van der Waals surface area contributed by atoms with E-state index in [1.54, 1.807) is 0 Å². The molecule has 4 heteroatoms. The second kappa shape index (κ2) is 12.1. The third kappa shape index (κ3) is 11.2. The van der Waals surface area contributed by atoms with Crippen LogP contribution < -0.4 is 0 Å². The summed E-state index contributed by atoms with van der Waals surface area (Å²) in [6, 6.07) is 0. The van der Waals surface area contributed by atoms with E-state index >= 15 is 0 Å². The third-order valence-electron chi connectivity index (χ3n) is 3.91. The van der Waals surface area contributed by atoms with Crippen LogP contribution in [0.15, 0.2) is 23.9 Å². The quantitative estimate of drug-likeness (QED) is 0.394. The number of aliphatic carboxylic acids is 1. The highest BCUT2D eigenvalue weighted by molar-refractivity contribution is 5.66. The van der Waals surface area contributed by atoms with Gasteiger partial charge in [0.15, 0.2) is 0 Å². The number of carboxylic acid groups (broad SMARTS) is 1. The van der Waals surface area contributed by atoms with E-state index < -0.39 is 5.97 Å². The van der Waals surface area contributed by atoms with Gasteiger partial charge in [-0.1, -0.05) is 63.9 Å². The highest BCUT2D eigenvalue weighted by atomic mass is 16.7. The lowest BCUT2D eigenvalue weighted by atomic mass is 10.0. The maximum Gasteiger partial charge on any atom is 0.327 e. The lowest BCUT2D eigenvalue weighted by Crippen LogP contribution is -1.93. The Labute approximate surface area is 133 Å². The predicted octanol–water partition coefficient (Wildman–Crippen LogP) is 5.46. The molecule has 1 heterocycles. The van der Waals surface area contributed by atoms with Gasteiger partial charge in [0.1, 0.15) is 0 Å². The minimum Gasteiger partial charge on any atom is -0.481 e. The molecule has 0 radical (unpaired) electrons. The van der Waals surface area contributed by atoms with Crippen molar-refractivity contribution in [1.29, 1.82) is 0 Å². The fraction of sp³-hybridized carbons (Fsp3) is 0.722. The number of rotatable bonds is 15. The second-order valence-corrected chi connectivity index (χ2v) is 6.00. The topological polar surface area (TPSA) is 70.1 Å². The number of carbonyl (C=O) groups is 1. The van der Waals surface area contributed by atoms with E-state index in [2.05, 4.69) is 6.08 Å². The van der Waals surface area contributed by atoms with Crippen molar-refractivity contribution in [2.24, 2.45) is 0 Å². The maximum absolute atomic E-state index is 10.3. The standard InChI is InChI=1S/C18H30O4/c19-17(20)15-13-11-9-7-5-3-1-2-4-6-8-10-12-14-16-18(21)22-16/h12,14,21H,1-11,13,15H2,(H,19,20). The van der Waals surface area contributed by atoms with Crippen molar-refractivity contribution in [3.63, 3.8) is 0 Å². The highest BCUT2D eigenvalue weighted by Gasteiger charge is 2.20. The number of aliphatic hydroxyl groups is 1. The van der Waals surface area contributed by atoms with Crippen molar-refractivity contribution < 1.29 is 19.7 Å². The lowest BCUT2D eigenvalue weighted by Gasteiger charge is -2.02. The van der Waals surface area contributed by atoms with E-state index in [0.29, 0.717) is 12.2 Å². The van der Waals surface area contributed by atoms with Gasteiger partial charge in [-0.05, 0) is 25.3 Å². The SMILES string of the molecule is O=C(O)CCCCCCCCCCCCCC=CC1=C(O)O1. The van der Waals surface area contributed by atoms with E-state index in [1.165, 1.54) is 57.8 Å². The van der Waals surface area contributed by atoms with Crippen LogP contribution in [0, 0.1) is 0 Å². The average molecular weight is 310 g/mol.